The van der Waals surface area contributed by atoms with Crippen LogP contribution in [0.4, 0.5) is 0 Å². The maximum atomic E-state index is 12.1. The van der Waals surface area contributed by atoms with Gasteiger partial charge in [-0.15, -0.1) is 0 Å². The second-order valence-corrected chi connectivity index (χ2v) is 5.75. The third-order valence-electron chi connectivity index (χ3n) is 4.36. The number of benzene rings is 1. The van der Waals surface area contributed by atoms with Crippen molar-refractivity contribution in [2.24, 2.45) is 0 Å². The first-order valence-corrected chi connectivity index (χ1v) is 7.77. The Kier molecular flexibility index (Phi) is 5.18. The van der Waals surface area contributed by atoms with Gasteiger partial charge in [-0.1, -0.05) is 38.1 Å². The minimum atomic E-state index is -0.122. The second-order valence-electron chi connectivity index (χ2n) is 5.75. The number of rotatable bonds is 7. The van der Waals surface area contributed by atoms with Crippen molar-refractivity contribution in [2.75, 3.05) is 6.54 Å². The Morgan fingerprint density at radius 3 is 2.65 bits per heavy atom. The smallest absolute Gasteiger partial charge is 0.237 e. The van der Waals surface area contributed by atoms with E-state index in [1.807, 2.05) is 6.92 Å². The van der Waals surface area contributed by atoms with Gasteiger partial charge in [-0.3, -0.25) is 4.79 Å². The quantitative estimate of drug-likeness (QED) is 0.802. The van der Waals surface area contributed by atoms with Gasteiger partial charge in [-0.25, -0.2) is 0 Å². The molecule has 1 aliphatic rings. The summed E-state index contributed by atoms with van der Waals surface area (Å²) in [5.41, 5.74) is 2.89. The van der Waals surface area contributed by atoms with Gasteiger partial charge in [0.05, 0.1) is 6.04 Å². The van der Waals surface area contributed by atoms with Crippen molar-refractivity contribution in [1.29, 1.82) is 0 Å². The highest BCUT2D eigenvalue weighted by atomic mass is 16.2. The minimum Gasteiger partial charge on any atom is -0.352 e. The van der Waals surface area contributed by atoms with E-state index in [1.54, 1.807) is 0 Å². The van der Waals surface area contributed by atoms with Crippen LogP contribution in [0, 0.1) is 0 Å². The third-order valence-corrected chi connectivity index (χ3v) is 4.36. The van der Waals surface area contributed by atoms with Crippen LogP contribution < -0.4 is 10.6 Å². The molecule has 2 rings (SSSR count). The van der Waals surface area contributed by atoms with Crippen molar-refractivity contribution in [2.45, 2.75) is 58.0 Å². The van der Waals surface area contributed by atoms with E-state index in [0.717, 1.165) is 25.8 Å². The van der Waals surface area contributed by atoms with Gasteiger partial charge in [0, 0.05) is 18.5 Å². The monoisotopic (exact) mass is 274 g/mol. The van der Waals surface area contributed by atoms with Gasteiger partial charge in [-0.05, 0) is 37.3 Å². The summed E-state index contributed by atoms with van der Waals surface area (Å²) in [6.07, 6.45) is 3.11. The van der Waals surface area contributed by atoms with E-state index in [1.165, 1.54) is 11.1 Å². The summed E-state index contributed by atoms with van der Waals surface area (Å²) in [6, 6.07) is 8.75. The number of carbonyl (C=O) groups is 1. The van der Waals surface area contributed by atoms with Crippen LogP contribution in [0.2, 0.25) is 0 Å². The minimum absolute atomic E-state index is 0.117. The standard InChI is InChI=1S/C17H26N2O/c1-4-15(5-2)19-17(20)12(3)18-11-14-10-13-8-6-7-9-16(13)14/h6-9,12,14-15,18H,4-5,10-11H2,1-3H3,(H,19,20). The maximum Gasteiger partial charge on any atom is 0.237 e. The van der Waals surface area contributed by atoms with E-state index >= 15 is 0 Å². The molecule has 0 saturated carbocycles. The lowest BCUT2D eigenvalue weighted by Gasteiger charge is -2.31. The Morgan fingerprint density at radius 1 is 1.30 bits per heavy atom. The third kappa shape index (κ3) is 3.40. The molecule has 0 heterocycles. The van der Waals surface area contributed by atoms with E-state index in [4.69, 9.17) is 0 Å². The molecule has 2 N–H and O–H groups in total. The van der Waals surface area contributed by atoms with Gasteiger partial charge >= 0.3 is 0 Å². The lowest BCUT2D eigenvalue weighted by molar-refractivity contribution is -0.123. The molecule has 3 nitrogen and oxygen atoms in total. The summed E-state index contributed by atoms with van der Waals surface area (Å²) >= 11 is 0. The van der Waals surface area contributed by atoms with Crippen molar-refractivity contribution >= 4 is 5.91 Å². The van der Waals surface area contributed by atoms with Crippen LogP contribution in [0.15, 0.2) is 24.3 Å². The zero-order chi connectivity index (χ0) is 14.5. The van der Waals surface area contributed by atoms with Crippen molar-refractivity contribution in [3.05, 3.63) is 35.4 Å². The maximum absolute atomic E-state index is 12.1. The normalized spacial score (nSPS) is 18.3. The molecule has 2 atom stereocenters. The fourth-order valence-electron chi connectivity index (χ4n) is 2.78. The summed E-state index contributed by atoms with van der Waals surface area (Å²) in [6.45, 7) is 7.05. The van der Waals surface area contributed by atoms with Crippen molar-refractivity contribution in [3.8, 4) is 0 Å². The van der Waals surface area contributed by atoms with E-state index < -0.39 is 0 Å². The zero-order valence-electron chi connectivity index (χ0n) is 12.8. The molecule has 0 saturated heterocycles. The molecule has 2 unspecified atom stereocenters. The lowest BCUT2D eigenvalue weighted by Crippen LogP contribution is -2.47. The van der Waals surface area contributed by atoms with Gasteiger partial charge in [-0.2, -0.15) is 0 Å². The van der Waals surface area contributed by atoms with Gasteiger partial charge in [0.2, 0.25) is 5.91 Å². The summed E-state index contributed by atoms with van der Waals surface area (Å²) in [5.74, 6) is 0.681. The Hall–Kier alpha value is -1.35. The molecule has 0 bridgehead atoms. The predicted molar refractivity (Wildman–Crippen MR) is 82.9 cm³/mol. The Balaban J connectivity index is 1.76. The molecular weight excluding hydrogens is 248 g/mol. The number of fused-ring (bicyclic) bond motifs is 1. The molecule has 0 spiro atoms. The average molecular weight is 274 g/mol. The van der Waals surface area contributed by atoms with Crippen molar-refractivity contribution < 1.29 is 4.79 Å². The van der Waals surface area contributed by atoms with E-state index in [0.29, 0.717) is 12.0 Å². The SMILES string of the molecule is CCC(CC)NC(=O)C(C)NCC1Cc2ccccc21. The van der Waals surface area contributed by atoms with E-state index in [2.05, 4.69) is 48.7 Å². The number of carbonyl (C=O) groups excluding carboxylic acids is 1. The summed E-state index contributed by atoms with van der Waals surface area (Å²) < 4.78 is 0. The summed E-state index contributed by atoms with van der Waals surface area (Å²) in [5, 5.41) is 6.46. The molecule has 1 aliphatic carbocycles. The van der Waals surface area contributed by atoms with Crippen LogP contribution in [0.1, 0.15) is 50.7 Å². The molecule has 20 heavy (non-hydrogen) atoms. The van der Waals surface area contributed by atoms with Crippen LogP contribution in [-0.4, -0.2) is 24.5 Å². The molecule has 3 heteroatoms. The summed E-state index contributed by atoms with van der Waals surface area (Å²) in [7, 11) is 0. The van der Waals surface area contributed by atoms with Gasteiger partial charge in [0.15, 0.2) is 0 Å². The van der Waals surface area contributed by atoms with Crippen LogP contribution in [-0.2, 0) is 11.2 Å². The second kappa shape index (κ2) is 6.89. The van der Waals surface area contributed by atoms with E-state index in [-0.39, 0.29) is 11.9 Å². The molecule has 0 radical (unpaired) electrons. The fraction of sp³-hybridized carbons (Fsp3) is 0.588. The molecule has 1 amide bonds. The number of amides is 1. The van der Waals surface area contributed by atoms with Crippen LogP contribution >= 0.6 is 0 Å². The molecule has 0 aromatic heterocycles. The molecular formula is C17H26N2O. The largest absolute Gasteiger partial charge is 0.352 e. The highest BCUT2D eigenvalue weighted by molar-refractivity contribution is 5.81. The van der Waals surface area contributed by atoms with Crippen LogP contribution in [0.5, 0.6) is 0 Å². The zero-order valence-corrected chi connectivity index (χ0v) is 12.8. The number of nitrogens with one attached hydrogen (secondary N) is 2. The van der Waals surface area contributed by atoms with Crippen molar-refractivity contribution in [3.63, 3.8) is 0 Å². The Labute approximate surface area is 122 Å². The first kappa shape index (κ1) is 15.0. The molecule has 110 valence electrons. The first-order chi connectivity index (χ1) is 9.65. The molecule has 0 aliphatic heterocycles. The lowest BCUT2D eigenvalue weighted by atomic mass is 9.77. The molecule has 0 fully saturated rings. The summed E-state index contributed by atoms with van der Waals surface area (Å²) in [4.78, 5) is 12.1. The number of hydrogen-bond acceptors (Lipinski definition) is 2. The highest BCUT2D eigenvalue weighted by Gasteiger charge is 2.26. The predicted octanol–water partition coefficient (Wildman–Crippen LogP) is 2.61. The average Bonchev–Trinajstić information content (AvgIpc) is 2.45. The highest BCUT2D eigenvalue weighted by Crippen LogP contribution is 2.33. The topological polar surface area (TPSA) is 41.1 Å². The molecule has 1 aromatic carbocycles. The number of hydrogen-bond donors (Lipinski definition) is 2. The van der Waals surface area contributed by atoms with Crippen molar-refractivity contribution in [1.82, 2.24) is 10.6 Å². The Morgan fingerprint density at radius 2 is 2.00 bits per heavy atom. The van der Waals surface area contributed by atoms with Crippen LogP contribution in [0.3, 0.4) is 0 Å². The van der Waals surface area contributed by atoms with Gasteiger partial charge in [0.25, 0.3) is 0 Å². The van der Waals surface area contributed by atoms with Gasteiger partial charge in [0.1, 0.15) is 0 Å². The van der Waals surface area contributed by atoms with E-state index in [9.17, 15) is 4.79 Å². The first-order valence-electron chi connectivity index (χ1n) is 7.77. The fourth-order valence-corrected chi connectivity index (χ4v) is 2.78. The van der Waals surface area contributed by atoms with Crippen LogP contribution in [0.25, 0.3) is 0 Å². The molecule has 1 aromatic rings. The Bertz CT molecular complexity index is 454. The van der Waals surface area contributed by atoms with Gasteiger partial charge < -0.3 is 10.6 Å².